The minimum Gasteiger partial charge on any atom is -0.444 e. The number of likely N-dealkylation sites (N-methyl/N-ethyl adjacent to an activating group) is 1. The van der Waals surface area contributed by atoms with Gasteiger partial charge < -0.3 is 19.7 Å². The molecule has 0 radical (unpaired) electrons. The van der Waals surface area contributed by atoms with E-state index >= 15 is 0 Å². The predicted octanol–water partition coefficient (Wildman–Crippen LogP) is 3.90. The Balaban J connectivity index is 1.99. The SMILES string of the molecule is CC(=O)N1c2ccccc2C(=O)C1[C@]1(NC(=O)OC(C)(C)C)C(=O)N(C)c2ccc(OC(F)(F)F)cc21. The fourth-order valence-corrected chi connectivity index (χ4v) is 4.77. The summed E-state index contributed by atoms with van der Waals surface area (Å²) >= 11 is 0. The van der Waals surface area contributed by atoms with Crippen molar-refractivity contribution in [2.45, 2.75) is 51.2 Å². The van der Waals surface area contributed by atoms with Gasteiger partial charge in [-0.2, -0.15) is 0 Å². The minimum atomic E-state index is -5.05. The maximum absolute atomic E-state index is 13.9. The van der Waals surface area contributed by atoms with E-state index in [1.807, 2.05) is 0 Å². The normalized spacial score (nSPS) is 21.0. The van der Waals surface area contributed by atoms with Crippen molar-refractivity contribution in [3.8, 4) is 5.75 Å². The zero-order valence-electron chi connectivity index (χ0n) is 20.6. The molecule has 37 heavy (non-hydrogen) atoms. The van der Waals surface area contributed by atoms with Crippen LogP contribution in [0, 0.1) is 0 Å². The summed E-state index contributed by atoms with van der Waals surface area (Å²) in [5.74, 6) is -2.84. The Hall–Kier alpha value is -4.09. The third-order valence-corrected chi connectivity index (χ3v) is 6.01. The molecule has 4 rings (SSSR count). The number of benzene rings is 2. The molecule has 2 aliphatic rings. The first kappa shape index (κ1) is 26.0. The van der Waals surface area contributed by atoms with Crippen LogP contribution in [-0.2, 0) is 19.9 Å². The summed E-state index contributed by atoms with van der Waals surface area (Å²) in [7, 11) is 1.34. The maximum atomic E-state index is 13.9. The van der Waals surface area contributed by atoms with E-state index in [0.29, 0.717) is 0 Å². The van der Waals surface area contributed by atoms with Gasteiger partial charge in [0, 0.05) is 30.8 Å². The molecule has 0 saturated carbocycles. The standard InChI is InChI=1S/C25H24F3N3O6/c1-13(32)31-17-9-7-6-8-15(17)19(33)20(31)24(29-22(35)37-23(2,3)4)16-12-14(36-25(26,27)28)10-11-18(16)30(5)21(24)34/h6-12,20H,1-5H3,(H,29,35)/t20?,24-/m0/s1. The van der Waals surface area contributed by atoms with E-state index in [4.69, 9.17) is 4.74 Å². The van der Waals surface area contributed by atoms with Crippen molar-refractivity contribution in [3.05, 3.63) is 53.6 Å². The average molecular weight is 519 g/mol. The lowest BCUT2D eigenvalue weighted by atomic mass is 9.80. The highest BCUT2D eigenvalue weighted by molar-refractivity contribution is 6.23. The number of halogens is 3. The van der Waals surface area contributed by atoms with E-state index < -0.39 is 53.0 Å². The number of fused-ring (bicyclic) bond motifs is 2. The molecule has 12 heteroatoms. The van der Waals surface area contributed by atoms with E-state index in [9.17, 15) is 32.3 Å². The molecule has 1 unspecified atom stereocenters. The maximum Gasteiger partial charge on any atom is 0.573 e. The van der Waals surface area contributed by atoms with Gasteiger partial charge in [0.05, 0.1) is 5.69 Å². The smallest absolute Gasteiger partial charge is 0.444 e. The summed E-state index contributed by atoms with van der Waals surface area (Å²) in [6.45, 7) is 5.90. The topological polar surface area (TPSA) is 105 Å². The Labute approximate surface area is 210 Å². The lowest BCUT2D eigenvalue weighted by Gasteiger charge is -2.38. The van der Waals surface area contributed by atoms with Gasteiger partial charge in [-0.25, -0.2) is 4.79 Å². The van der Waals surface area contributed by atoms with Gasteiger partial charge in [0.15, 0.2) is 11.3 Å². The van der Waals surface area contributed by atoms with Gasteiger partial charge in [0.25, 0.3) is 5.91 Å². The molecule has 0 aliphatic carbocycles. The van der Waals surface area contributed by atoms with Crippen LogP contribution in [0.1, 0.15) is 43.6 Å². The number of rotatable bonds is 3. The Morgan fingerprint density at radius 1 is 1.03 bits per heavy atom. The van der Waals surface area contributed by atoms with E-state index in [0.717, 1.165) is 21.9 Å². The molecule has 3 amide bonds. The molecule has 0 bridgehead atoms. The summed E-state index contributed by atoms with van der Waals surface area (Å²) < 4.78 is 48.6. The summed E-state index contributed by atoms with van der Waals surface area (Å²) in [6, 6.07) is 7.60. The number of hydrogen-bond donors (Lipinski definition) is 1. The fraction of sp³-hybridized carbons (Fsp3) is 0.360. The van der Waals surface area contributed by atoms with E-state index in [2.05, 4.69) is 10.1 Å². The number of ketones is 1. The Morgan fingerprint density at radius 2 is 1.68 bits per heavy atom. The van der Waals surface area contributed by atoms with Crippen LogP contribution in [-0.4, -0.2) is 48.7 Å². The molecule has 196 valence electrons. The molecule has 2 aliphatic heterocycles. The molecular weight excluding hydrogens is 495 g/mol. The van der Waals surface area contributed by atoms with Crippen LogP contribution < -0.4 is 19.9 Å². The highest BCUT2D eigenvalue weighted by atomic mass is 19.4. The number of hydrogen-bond acceptors (Lipinski definition) is 6. The van der Waals surface area contributed by atoms with E-state index in [1.165, 1.54) is 32.2 Å². The van der Waals surface area contributed by atoms with Gasteiger partial charge in [-0.1, -0.05) is 12.1 Å². The number of amides is 3. The lowest BCUT2D eigenvalue weighted by molar-refractivity contribution is -0.274. The Bertz CT molecular complexity index is 1320. The number of para-hydroxylation sites is 1. The van der Waals surface area contributed by atoms with Crippen LogP contribution >= 0.6 is 0 Å². The number of alkyl carbamates (subject to hydrolysis) is 1. The zero-order valence-corrected chi connectivity index (χ0v) is 20.6. The molecule has 2 atom stereocenters. The second-order valence-corrected chi connectivity index (χ2v) is 9.70. The number of carbonyl (C=O) groups is 4. The number of alkyl halides is 3. The largest absolute Gasteiger partial charge is 0.573 e. The summed E-state index contributed by atoms with van der Waals surface area (Å²) in [4.78, 5) is 55.8. The van der Waals surface area contributed by atoms with Gasteiger partial charge in [-0.15, -0.1) is 13.2 Å². The van der Waals surface area contributed by atoms with Gasteiger partial charge in [0.1, 0.15) is 17.4 Å². The van der Waals surface area contributed by atoms with Gasteiger partial charge in [-0.3, -0.25) is 19.3 Å². The Morgan fingerprint density at radius 3 is 2.27 bits per heavy atom. The van der Waals surface area contributed by atoms with Crippen LogP contribution in [0.25, 0.3) is 0 Å². The average Bonchev–Trinajstić information content (AvgIpc) is 3.17. The van der Waals surface area contributed by atoms with Crippen molar-refractivity contribution in [3.63, 3.8) is 0 Å². The van der Waals surface area contributed by atoms with Crippen molar-refractivity contribution in [1.82, 2.24) is 5.32 Å². The van der Waals surface area contributed by atoms with E-state index in [-0.39, 0.29) is 22.5 Å². The predicted molar refractivity (Wildman–Crippen MR) is 125 cm³/mol. The number of carbonyl (C=O) groups excluding carboxylic acids is 4. The molecule has 9 nitrogen and oxygen atoms in total. The molecule has 0 saturated heterocycles. The molecule has 0 aromatic heterocycles. The first-order valence-electron chi connectivity index (χ1n) is 11.2. The van der Waals surface area contributed by atoms with Crippen LogP contribution in [0.15, 0.2) is 42.5 Å². The first-order chi connectivity index (χ1) is 17.1. The number of Topliss-reactive ketones (excluding diaryl/α,β-unsaturated/α-hetero) is 1. The van der Waals surface area contributed by atoms with Crippen molar-refractivity contribution in [2.75, 3.05) is 16.8 Å². The monoisotopic (exact) mass is 519 g/mol. The summed E-state index contributed by atoms with van der Waals surface area (Å²) in [5.41, 5.74) is -3.10. The molecule has 2 aromatic carbocycles. The molecule has 2 heterocycles. The third kappa shape index (κ3) is 4.36. The molecule has 2 aromatic rings. The second-order valence-electron chi connectivity index (χ2n) is 9.70. The minimum absolute atomic E-state index is 0.111. The van der Waals surface area contributed by atoms with E-state index in [1.54, 1.807) is 32.9 Å². The van der Waals surface area contributed by atoms with Gasteiger partial charge in [-0.05, 0) is 51.1 Å². The Kier molecular flexibility index (Phi) is 5.97. The summed E-state index contributed by atoms with van der Waals surface area (Å²) in [6.07, 6.45) is -6.16. The van der Waals surface area contributed by atoms with Crippen LogP contribution in [0.5, 0.6) is 5.75 Å². The lowest BCUT2D eigenvalue weighted by Crippen LogP contribution is -2.66. The van der Waals surface area contributed by atoms with Crippen molar-refractivity contribution in [1.29, 1.82) is 0 Å². The molecular formula is C25H24F3N3O6. The van der Waals surface area contributed by atoms with Crippen LogP contribution in [0.3, 0.4) is 0 Å². The highest BCUT2D eigenvalue weighted by Crippen LogP contribution is 2.49. The van der Waals surface area contributed by atoms with Crippen LogP contribution in [0.4, 0.5) is 29.3 Å². The molecule has 0 fully saturated rings. The molecule has 0 spiro atoms. The number of nitrogens with one attached hydrogen (secondary N) is 1. The quantitative estimate of drug-likeness (QED) is 0.660. The van der Waals surface area contributed by atoms with Crippen molar-refractivity contribution < 1.29 is 41.8 Å². The molecule has 1 N–H and O–H groups in total. The summed E-state index contributed by atoms with van der Waals surface area (Å²) in [5, 5.41) is 2.46. The number of ether oxygens (including phenoxy) is 2. The van der Waals surface area contributed by atoms with Gasteiger partial charge in [0.2, 0.25) is 5.91 Å². The third-order valence-electron chi connectivity index (χ3n) is 6.01. The number of nitrogens with zero attached hydrogens (tertiary/aromatic N) is 2. The fourth-order valence-electron chi connectivity index (χ4n) is 4.77. The first-order valence-corrected chi connectivity index (χ1v) is 11.2. The van der Waals surface area contributed by atoms with Crippen LogP contribution in [0.2, 0.25) is 0 Å². The van der Waals surface area contributed by atoms with Crippen molar-refractivity contribution >= 4 is 35.1 Å². The zero-order chi connectivity index (χ0) is 27.5. The highest BCUT2D eigenvalue weighted by Gasteiger charge is 2.64. The van der Waals surface area contributed by atoms with Crippen molar-refractivity contribution in [2.24, 2.45) is 0 Å². The number of anilines is 2. The van der Waals surface area contributed by atoms with Gasteiger partial charge >= 0.3 is 12.5 Å². The second kappa shape index (κ2) is 8.49.